The minimum atomic E-state index is -0.161. The Morgan fingerprint density at radius 3 is 2.35 bits per heavy atom. The molecule has 0 aliphatic rings. The molecular formula is C17H22N2O. The van der Waals surface area contributed by atoms with E-state index in [1.54, 1.807) is 6.07 Å². The van der Waals surface area contributed by atoms with Crippen LogP contribution in [0.2, 0.25) is 0 Å². The van der Waals surface area contributed by atoms with Crippen molar-refractivity contribution in [2.75, 3.05) is 11.9 Å². The molecule has 106 valence electrons. The molecule has 2 aromatic rings. The second-order valence-corrected chi connectivity index (χ2v) is 5.37. The number of hydrogen-bond donors (Lipinski definition) is 2. The molecule has 0 radical (unpaired) electrons. The van der Waals surface area contributed by atoms with Gasteiger partial charge in [-0.05, 0) is 25.5 Å². The summed E-state index contributed by atoms with van der Waals surface area (Å²) in [5.41, 5.74) is 10.1. The third kappa shape index (κ3) is 3.31. The van der Waals surface area contributed by atoms with Crippen molar-refractivity contribution in [3.05, 3.63) is 59.2 Å². The van der Waals surface area contributed by atoms with E-state index in [1.165, 1.54) is 11.1 Å². The number of hydrogen-bond acceptors (Lipinski definition) is 3. The van der Waals surface area contributed by atoms with Crippen molar-refractivity contribution in [1.82, 2.24) is 0 Å². The lowest BCUT2D eigenvalue weighted by Crippen LogP contribution is -2.16. The fourth-order valence-corrected chi connectivity index (χ4v) is 2.21. The summed E-state index contributed by atoms with van der Waals surface area (Å²) in [6.07, 6.45) is 0. The lowest BCUT2D eigenvalue weighted by Gasteiger charge is -2.21. The SMILES string of the molecule is Cc1ccc(CN(C)c2ccc(C(C)N)c(O)c2)cc1. The van der Waals surface area contributed by atoms with Crippen LogP contribution in [-0.4, -0.2) is 12.2 Å². The van der Waals surface area contributed by atoms with E-state index in [0.717, 1.165) is 17.8 Å². The molecule has 2 rings (SSSR count). The molecule has 1 atom stereocenters. The number of aryl methyl sites for hydroxylation is 1. The Bertz CT molecular complexity index is 576. The maximum absolute atomic E-state index is 10.0. The van der Waals surface area contributed by atoms with E-state index in [0.29, 0.717) is 0 Å². The van der Waals surface area contributed by atoms with Gasteiger partial charge in [0.2, 0.25) is 0 Å². The molecule has 0 amide bonds. The summed E-state index contributed by atoms with van der Waals surface area (Å²) in [4.78, 5) is 2.11. The van der Waals surface area contributed by atoms with Gasteiger partial charge in [0.15, 0.2) is 0 Å². The van der Waals surface area contributed by atoms with Gasteiger partial charge in [0.25, 0.3) is 0 Å². The number of phenolic OH excluding ortho intramolecular Hbond substituents is 1. The third-order valence-electron chi connectivity index (χ3n) is 3.49. The van der Waals surface area contributed by atoms with E-state index in [9.17, 15) is 5.11 Å². The highest BCUT2D eigenvalue weighted by atomic mass is 16.3. The molecule has 20 heavy (non-hydrogen) atoms. The lowest BCUT2D eigenvalue weighted by atomic mass is 10.1. The fraction of sp³-hybridized carbons (Fsp3) is 0.294. The maximum Gasteiger partial charge on any atom is 0.122 e. The van der Waals surface area contributed by atoms with Crippen molar-refractivity contribution >= 4 is 5.69 Å². The van der Waals surface area contributed by atoms with E-state index in [-0.39, 0.29) is 11.8 Å². The number of rotatable bonds is 4. The summed E-state index contributed by atoms with van der Waals surface area (Å²) < 4.78 is 0. The van der Waals surface area contributed by atoms with E-state index >= 15 is 0 Å². The molecule has 0 aliphatic carbocycles. The number of benzene rings is 2. The average molecular weight is 270 g/mol. The average Bonchev–Trinajstić information content (AvgIpc) is 2.40. The predicted molar refractivity (Wildman–Crippen MR) is 84.0 cm³/mol. The van der Waals surface area contributed by atoms with Crippen LogP contribution in [0.3, 0.4) is 0 Å². The molecule has 0 saturated carbocycles. The monoisotopic (exact) mass is 270 g/mol. The summed E-state index contributed by atoms with van der Waals surface area (Å²) in [6, 6.07) is 14.0. The molecule has 0 fully saturated rings. The Kier molecular flexibility index (Phi) is 4.30. The van der Waals surface area contributed by atoms with Gasteiger partial charge in [0, 0.05) is 37.0 Å². The zero-order valence-corrected chi connectivity index (χ0v) is 12.3. The summed E-state index contributed by atoms with van der Waals surface area (Å²) in [7, 11) is 2.01. The number of phenols is 1. The first-order chi connectivity index (χ1) is 9.47. The minimum absolute atomic E-state index is 0.161. The molecular weight excluding hydrogens is 248 g/mol. The molecule has 2 aromatic carbocycles. The lowest BCUT2D eigenvalue weighted by molar-refractivity contribution is 0.464. The van der Waals surface area contributed by atoms with E-state index in [4.69, 9.17) is 5.73 Å². The van der Waals surface area contributed by atoms with Gasteiger partial charge in [-0.2, -0.15) is 0 Å². The topological polar surface area (TPSA) is 49.5 Å². The molecule has 3 N–H and O–H groups in total. The van der Waals surface area contributed by atoms with Crippen LogP contribution in [0.15, 0.2) is 42.5 Å². The number of anilines is 1. The molecule has 0 saturated heterocycles. The molecule has 0 heterocycles. The minimum Gasteiger partial charge on any atom is -0.508 e. The van der Waals surface area contributed by atoms with Crippen LogP contribution in [0.1, 0.15) is 29.7 Å². The van der Waals surface area contributed by atoms with Crippen LogP contribution in [-0.2, 0) is 6.54 Å². The number of nitrogens with two attached hydrogens (primary N) is 1. The summed E-state index contributed by atoms with van der Waals surface area (Å²) in [5, 5.41) is 10.0. The van der Waals surface area contributed by atoms with Crippen molar-refractivity contribution in [2.45, 2.75) is 26.4 Å². The summed E-state index contributed by atoms with van der Waals surface area (Å²) in [6.45, 7) is 4.75. The van der Waals surface area contributed by atoms with Crippen molar-refractivity contribution in [1.29, 1.82) is 0 Å². The first kappa shape index (κ1) is 14.4. The largest absolute Gasteiger partial charge is 0.508 e. The van der Waals surface area contributed by atoms with Gasteiger partial charge in [-0.1, -0.05) is 35.9 Å². The normalized spacial score (nSPS) is 12.2. The highest BCUT2D eigenvalue weighted by Gasteiger charge is 2.09. The zero-order chi connectivity index (χ0) is 14.7. The van der Waals surface area contributed by atoms with E-state index < -0.39 is 0 Å². The molecule has 0 bridgehead atoms. The van der Waals surface area contributed by atoms with Gasteiger partial charge in [-0.3, -0.25) is 0 Å². The zero-order valence-electron chi connectivity index (χ0n) is 12.3. The Balaban J connectivity index is 2.15. The quantitative estimate of drug-likeness (QED) is 0.895. The molecule has 3 nitrogen and oxygen atoms in total. The first-order valence-electron chi connectivity index (χ1n) is 6.82. The first-order valence-corrected chi connectivity index (χ1v) is 6.82. The molecule has 1 unspecified atom stereocenters. The highest BCUT2D eigenvalue weighted by molar-refractivity contribution is 5.53. The van der Waals surface area contributed by atoms with Gasteiger partial charge in [-0.15, -0.1) is 0 Å². The third-order valence-corrected chi connectivity index (χ3v) is 3.49. The summed E-state index contributed by atoms with van der Waals surface area (Å²) >= 11 is 0. The van der Waals surface area contributed by atoms with Crippen LogP contribution in [0.25, 0.3) is 0 Å². The molecule has 0 aliphatic heterocycles. The van der Waals surface area contributed by atoms with Gasteiger partial charge < -0.3 is 15.7 Å². The second kappa shape index (κ2) is 5.97. The number of nitrogens with zero attached hydrogens (tertiary/aromatic N) is 1. The Morgan fingerprint density at radius 2 is 1.80 bits per heavy atom. The van der Waals surface area contributed by atoms with Crippen LogP contribution in [0, 0.1) is 6.92 Å². The van der Waals surface area contributed by atoms with Crippen LogP contribution in [0.4, 0.5) is 5.69 Å². The maximum atomic E-state index is 10.0. The van der Waals surface area contributed by atoms with Gasteiger partial charge in [0.05, 0.1) is 0 Å². The highest BCUT2D eigenvalue weighted by Crippen LogP contribution is 2.28. The van der Waals surface area contributed by atoms with Crippen molar-refractivity contribution in [3.8, 4) is 5.75 Å². The van der Waals surface area contributed by atoms with Crippen LogP contribution < -0.4 is 10.6 Å². The number of aromatic hydroxyl groups is 1. The molecule has 0 aromatic heterocycles. The smallest absolute Gasteiger partial charge is 0.122 e. The van der Waals surface area contributed by atoms with E-state index in [1.807, 2.05) is 26.1 Å². The van der Waals surface area contributed by atoms with Crippen molar-refractivity contribution in [3.63, 3.8) is 0 Å². The van der Waals surface area contributed by atoms with Crippen molar-refractivity contribution in [2.24, 2.45) is 5.73 Å². The van der Waals surface area contributed by atoms with Crippen LogP contribution in [0.5, 0.6) is 5.75 Å². The molecule has 3 heteroatoms. The standard InChI is InChI=1S/C17H22N2O/c1-12-4-6-14(7-5-12)11-19(3)15-8-9-16(13(2)18)17(20)10-15/h4-10,13,20H,11,18H2,1-3H3. The van der Waals surface area contributed by atoms with Crippen molar-refractivity contribution < 1.29 is 5.11 Å². The van der Waals surface area contributed by atoms with Gasteiger partial charge in [-0.25, -0.2) is 0 Å². The Morgan fingerprint density at radius 1 is 1.15 bits per heavy atom. The fourth-order valence-electron chi connectivity index (χ4n) is 2.21. The van der Waals surface area contributed by atoms with Gasteiger partial charge >= 0.3 is 0 Å². The summed E-state index contributed by atoms with van der Waals surface area (Å²) in [5.74, 6) is 0.258. The second-order valence-electron chi connectivity index (χ2n) is 5.37. The van der Waals surface area contributed by atoms with E-state index in [2.05, 4.69) is 36.1 Å². The predicted octanol–water partition coefficient (Wildman–Crippen LogP) is 3.36. The Hall–Kier alpha value is -2.00. The Labute approximate surface area is 120 Å². The van der Waals surface area contributed by atoms with Gasteiger partial charge in [0.1, 0.15) is 5.75 Å². The molecule has 0 spiro atoms. The van der Waals surface area contributed by atoms with Crippen LogP contribution >= 0.6 is 0 Å².